The molecule has 1 rings (SSSR count). The largest absolute Gasteiger partial charge is 0.431 e. The van der Waals surface area contributed by atoms with E-state index in [1.165, 1.54) is 6.20 Å². The van der Waals surface area contributed by atoms with Gasteiger partial charge in [0.25, 0.3) is 0 Å². The molecule has 17 heavy (non-hydrogen) atoms. The van der Waals surface area contributed by atoms with E-state index in [0.29, 0.717) is 10.2 Å². The van der Waals surface area contributed by atoms with Gasteiger partial charge in [0.1, 0.15) is 5.30 Å². The van der Waals surface area contributed by atoms with E-state index in [2.05, 4.69) is 4.98 Å². The molecule has 0 fully saturated rings. The number of aromatic nitrogens is 1. The van der Waals surface area contributed by atoms with Crippen molar-refractivity contribution in [2.45, 2.75) is 6.92 Å². The minimum atomic E-state index is -4.66. The van der Waals surface area contributed by atoms with Crippen molar-refractivity contribution in [3.05, 3.63) is 17.8 Å². The predicted octanol–water partition coefficient (Wildman–Crippen LogP) is -0.278. The summed E-state index contributed by atoms with van der Waals surface area (Å²) in [6, 6.07) is 1.15. The van der Waals surface area contributed by atoms with Crippen LogP contribution in [0.25, 0.3) is 0 Å². The number of hydrogen-bond acceptors (Lipinski definition) is 3. The maximum atomic E-state index is 11.2. The lowest BCUT2D eigenvalue weighted by Gasteiger charge is -2.22. The van der Waals surface area contributed by atoms with Crippen LogP contribution in [0.5, 0.6) is 0 Å². The molecule has 0 atom stereocenters. The van der Waals surface area contributed by atoms with Crippen molar-refractivity contribution in [1.82, 2.24) is 4.98 Å². The van der Waals surface area contributed by atoms with Crippen molar-refractivity contribution in [2.24, 2.45) is 0 Å². The van der Waals surface area contributed by atoms with Gasteiger partial charge in [-0.2, -0.15) is 0 Å². The summed E-state index contributed by atoms with van der Waals surface area (Å²) in [7, 11) is -8.30. The van der Waals surface area contributed by atoms with Crippen molar-refractivity contribution >= 4 is 26.5 Å². The number of pyridine rings is 1. The Morgan fingerprint density at radius 3 is 2.18 bits per heavy atom. The molecule has 0 saturated carbocycles. The molecule has 0 aliphatic rings. The minimum absolute atomic E-state index is 0.431. The monoisotopic (exact) mass is 282 g/mol. The summed E-state index contributed by atoms with van der Waals surface area (Å²) in [5.74, 6) is -0.433. The van der Waals surface area contributed by atoms with Gasteiger partial charge in [0.05, 0.1) is 0 Å². The molecular weight excluding hydrogens is 270 g/mol. The van der Waals surface area contributed by atoms with Crippen LogP contribution in [0.3, 0.4) is 0 Å². The van der Waals surface area contributed by atoms with Crippen molar-refractivity contribution in [3.8, 4) is 0 Å². The van der Waals surface area contributed by atoms with Gasteiger partial charge in [-0.25, -0.2) is 9.55 Å². The Morgan fingerprint density at radius 1 is 1.24 bits per heavy atom. The first kappa shape index (κ1) is 14.3. The van der Waals surface area contributed by atoms with E-state index in [0.717, 1.165) is 13.1 Å². The number of hydrogen-bond donors (Lipinski definition) is 4. The molecule has 96 valence electrons. The molecule has 0 radical (unpaired) electrons. The minimum Gasteiger partial charge on any atom is -0.321 e. The predicted molar refractivity (Wildman–Crippen MR) is 61.1 cm³/mol. The van der Waals surface area contributed by atoms with Crippen molar-refractivity contribution in [3.63, 3.8) is 0 Å². The third kappa shape index (κ3) is 3.35. The molecular formula is C7H12N2O6P2. The van der Waals surface area contributed by atoms with E-state index >= 15 is 0 Å². The van der Waals surface area contributed by atoms with Crippen LogP contribution < -0.4 is 9.97 Å². The molecule has 0 amide bonds. The summed E-state index contributed by atoms with van der Waals surface area (Å²) in [6.07, 6.45) is 1.26. The van der Waals surface area contributed by atoms with Gasteiger partial charge >= 0.3 is 15.3 Å². The first-order valence-electron chi connectivity index (χ1n) is 4.36. The molecule has 10 heteroatoms. The fourth-order valence-corrected chi connectivity index (χ4v) is 2.46. The number of aryl methyl sites for hydroxylation is 1. The van der Waals surface area contributed by atoms with E-state index in [1.807, 2.05) is 0 Å². The third-order valence-electron chi connectivity index (χ3n) is 2.00. The van der Waals surface area contributed by atoms with Gasteiger partial charge < -0.3 is 19.6 Å². The zero-order valence-electron chi connectivity index (χ0n) is 9.05. The summed E-state index contributed by atoms with van der Waals surface area (Å²) < 4.78 is 22.7. The average Bonchev–Trinajstić information content (AvgIpc) is 2.14. The van der Waals surface area contributed by atoms with Gasteiger partial charge in [-0.15, -0.1) is 0 Å². The highest BCUT2D eigenvalue weighted by Crippen LogP contribution is 2.45. The lowest BCUT2D eigenvalue weighted by atomic mass is 10.3. The highest BCUT2D eigenvalue weighted by molar-refractivity contribution is 7.61. The summed E-state index contributed by atoms with van der Waals surface area (Å²) in [4.78, 5) is 39.7. The van der Waals surface area contributed by atoms with Crippen LogP contribution in [0.4, 0.5) is 5.82 Å². The average molecular weight is 282 g/mol. The third-order valence-corrected chi connectivity index (χ3v) is 3.92. The van der Waals surface area contributed by atoms with Crippen LogP contribution in [-0.2, 0) is 9.13 Å². The van der Waals surface area contributed by atoms with Crippen LogP contribution in [0.15, 0.2) is 12.3 Å². The van der Waals surface area contributed by atoms with E-state index in [1.54, 1.807) is 6.92 Å². The molecule has 0 bridgehead atoms. The zero-order chi connectivity index (χ0) is 13.4. The Labute approximate surface area is 97.3 Å². The van der Waals surface area contributed by atoms with Gasteiger partial charge in [0.2, 0.25) is 0 Å². The summed E-state index contributed by atoms with van der Waals surface area (Å²) in [5.41, 5.74) is 0.478. The highest BCUT2D eigenvalue weighted by atomic mass is 31.2. The van der Waals surface area contributed by atoms with Gasteiger partial charge in [0, 0.05) is 13.2 Å². The molecule has 0 spiro atoms. The molecule has 8 nitrogen and oxygen atoms in total. The fraction of sp³-hybridized carbons (Fsp3) is 0.286. The zero-order valence-corrected chi connectivity index (χ0v) is 10.8. The second-order valence-electron chi connectivity index (χ2n) is 3.44. The Morgan fingerprint density at radius 2 is 1.76 bits per heavy atom. The molecule has 4 N–H and O–H groups in total. The van der Waals surface area contributed by atoms with E-state index < -0.39 is 26.5 Å². The van der Waals surface area contributed by atoms with Gasteiger partial charge in [-0.3, -0.25) is 9.24 Å². The summed E-state index contributed by atoms with van der Waals surface area (Å²) in [6.45, 7) is 1.56. The Kier molecular flexibility index (Phi) is 3.78. The summed E-state index contributed by atoms with van der Waals surface area (Å²) in [5, 5.41) is -0.511. The SMILES string of the molecule is Cc1cnc(N(C)P(=O)(O)O)c(P(=O)(O)O)c1. The van der Waals surface area contributed by atoms with Crippen LogP contribution in [0.1, 0.15) is 5.56 Å². The van der Waals surface area contributed by atoms with Crippen LogP contribution in [-0.4, -0.2) is 31.6 Å². The molecule has 1 aromatic rings. The Balaban J connectivity index is 3.45. The van der Waals surface area contributed by atoms with Crippen molar-refractivity contribution in [1.29, 1.82) is 0 Å². The van der Waals surface area contributed by atoms with Gasteiger partial charge in [-0.05, 0) is 18.6 Å². The maximum Gasteiger partial charge on any atom is 0.431 e. The van der Waals surface area contributed by atoms with Crippen molar-refractivity contribution < 1.29 is 28.7 Å². The fourth-order valence-electron chi connectivity index (χ4n) is 1.13. The standard InChI is InChI=1S/C7H12N2O6P2/c1-5-3-6(16(10,11)12)7(8-4-5)9(2)17(13,14)15/h3-4H,1-2H3,(H2,10,11,12)(H2,13,14,15). The van der Waals surface area contributed by atoms with Crippen LogP contribution >= 0.6 is 15.3 Å². The Hall–Kier alpha value is -0.750. The first-order valence-corrected chi connectivity index (χ1v) is 7.53. The topological polar surface area (TPSA) is 131 Å². The molecule has 1 aromatic heterocycles. The van der Waals surface area contributed by atoms with E-state index in [-0.39, 0.29) is 0 Å². The number of nitrogens with zero attached hydrogens (tertiary/aromatic N) is 2. The molecule has 1 heterocycles. The lowest BCUT2D eigenvalue weighted by molar-refractivity contribution is 0.371. The quantitative estimate of drug-likeness (QED) is 0.557. The van der Waals surface area contributed by atoms with Gasteiger partial charge in [0.15, 0.2) is 5.82 Å². The normalized spacial score (nSPS) is 12.6. The first-order chi connectivity index (χ1) is 7.53. The molecule has 0 aromatic carbocycles. The Bertz CT molecular complexity index is 521. The maximum absolute atomic E-state index is 11.2. The molecule has 0 aliphatic heterocycles. The van der Waals surface area contributed by atoms with E-state index in [9.17, 15) is 9.13 Å². The number of rotatable bonds is 3. The second-order valence-corrected chi connectivity index (χ2v) is 6.63. The van der Waals surface area contributed by atoms with Crippen LogP contribution in [0, 0.1) is 6.92 Å². The molecule has 0 saturated heterocycles. The second kappa shape index (κ2) is 4.49. The van der Waals surface area contributed by atoms with E-state index in [4.69, 9.17) is 19.6 Å². The molecule has 0 unspecified atom stereocenters. The summed E-state index contributed by atoms with van der Waals surface area (Å²) >= 11 is 0. The van der Waals surface area contributed by atoms with Crippen molar-refractivity contribution in [2.75, 3.05) is 11.7 Å². The lowest BCUT2D eigenvalue weighted by Crippen LogP contribution is -2.22. The smallest absolute Gasteiger partial charge is 0.321 e. The van der Waals surface area contributed by atoms with Crippen LogP contribution in [0.2, 0.25) is 0 Å². The number of anilines is 1. The highest BCUT2D eigenvalue weighted by Gasteiger charge is 2.31. The van der Waals surface area contributed by atoms with Gasteiger partial charge in [-0.1, -0.05) is 0 Å². The molecule has 0 aliphatic carbocycles.